The lowest BCUT2D eigenvalue weighted by Gasteiger charge is -2.16. The summed E-state index contributed by atoms with van der Waals surface area (Å²) >= 11 is 11.8. The van der Waals surface area contributed by atoms with Crippen LogP contribution in [-0.2, 0) is 15.8 Å². The monoisotopic (exact) mass is 403 g/mol. The molecule has 136 valence electrons. The van der Waals surface area contributed by atoms with Gasteiger partial charge in [-0.3, -0.25) is 0 Å². The van der Waals surface area contributed by atoms with Crippen molar-refractivity contribution >= 4 is 33.2 Å². The van der Waals surface area contributed by atoms with Crippen molar-refractivity contribution in [1.82, 2.24) is 4.72 Å². The van der Waals surface area contributed by atoms with E-state index in [-0.39, 0.29) is 12.4 Å². The molecule has 2 aromatic carbocycles. The van der Waals surface area contributed by atoms with E-state index >= 15 is 0 Å². The zero-order valence-electron chi connectivity index (χ0n) is 13.8. The van der Waals surface area contributed by atoms with Gasteiger partial charge in [0.2, 0.25) is 10.0 Å². The lowest BCUT2D eigenvalue weighted by Crippen LogP contribution is -2.37. The predicted molar refractivity (Wildman–Crippen MR) is 100 cm³/mol. The Morgan fingerprint density at radius 1 is 1.08 bits per heavy atom. The fourth-order valence-corrected chi connectivity index (χ4v) is 4.10. The minimum Gasteiger partial charge on any atom is -0.497 e. The summed E-state index contributed by atoms with van der Waals surface area (Å²) in [6.45, 7) is 1.92. The Labute approximate surface area is 157 Å². The maximum absolute atomic E-state index is 12.3. The Balaban J connectivity index is 1.90. The van der Waals surface area contributed by atoms with Crippen molar-refractivity contribution in [3.63, 3.8) is 0 Å². The second-order valence-electron chi connectivity index (χ2n) is 5.50. The standard InChI is InChI=1S/C17H19Cl2NO4S/c1-12(10-24-16-7-5-15(23-2)6-8-16)20-25(21,22)11-13-3-4-14(18)9-17(13)19/h3-9,12,20H,10-11H2,1-2H3/t12-/m0/s1. The third-order valence-corrected chi connectivity index (χ3v) is 5.34. The second kappa shape index (κ2) is 8.76. The van der Waals surface area contributed by atoms with Gasteiger partial charge in [0.25, 0.3) is 0 Å². The SMILES string of the molecule is COc1ccc(OC[C@H](C)NS(=O)(=O)Cc2ccc(Cl)cc2Cl)cc1. The van der Waals surface area contributed by atoms with Crippen LogP contribution in [0.4, 0.5) is 0 Å². The van der Waals surface area contributed by atoms with Gasteiger partial charge in [-0.2, -0.15) is 0 Å². The fourth-order valence-electron chi connectivity index (χ4n) is 2.12. The molecule has 0 unspecified atom stereocenters. The zero-order valence-corrected chi connectivity index (χ0v) is 16.2. The van der Waals surface area contributed by atoms with Gasteiger partial charge in [-0.15, -0.1) is 0 Å². The summed E-state index contributed by atoms with van der Waals surface area (Å²) in [5.41, 5.74) is 0.488. The fraction of sp³-hybridized carbons (Fsp3) is 0.294. The zero-order chi connectivity index (χ0) is 18.4. The van der Waals surface area contributed by atoms with Gasteiger partial charge < -0.3 is 9.47 Å². The number of benzene rings is 2. The summed E-state index contributed by atoms with van der Waals surface area (Å²) in [7, 11) is -1.98. The van der Waals surface area contributed by atoms with Crippen LogP contribution in [0.2, 0.25) is 10.0 Å². The van der Waals surface area contributed by atoms with Crippen molar-refractivity contribution in [1.29, 1.82) is 0 Å². The number of ether oxygens (including phenoxy) is 2. The van der Waals surface area contributed by atoms with E-state index in [1.807, 2.05) is 0 Å². The molecular weight excluding hydrogens is 385 g/mol. The third-order valence-electron chi connectivity index (χ3n) is 3.30. The maximum Gasteiger partial charge on any atom is 0.216 e. The normalized spacial score (nSPS) is 12.6. The van der Waals surface area contributed by atoms with Gasteiger partial charge >= 0.3 is 0 Å². The van der Waals surface area contributed by atoms with E-state index in [0.717, 1.165) is 5.75 Å². The number of nitrogens with one attached hydrogen (secondary N) is 1. The summed E-state index contributed by atoms with van der Waals surface area (Å²) in [4.78, 5) is 0. The molecule has 0 amide bonds. The lowest BCUT2D eigenvalue weighted by molar-refractivity contribution is 0.287. The predicted octanol–water partition coefficient (Wildman–Crippen LogP) is 3.89. The molecule has 2 aromatic rings. The van der Waals surface area contributed by atoms with Crippen LogP contribution in [-0.4, -0.2) is 28.2 Å². The maximum atomic E-state index is 12.3. The van der Waals surface area contributed by atoms with E-state index in [2.05, 4.69) is 4.72 Å². The van der Waals surface area contributed by atoms with Crippen LogP contribution < -0.4 is 14.2 Å². The van der Waals surface area contributed by atoms with Crippen LogP contribution in [0, 0.1) is 0 Å². The first-order valence-electron chi connectivity index (χ1n) is 7.50. The van der Waals surface area contributed by atoms with E-state index in [0.29, 0.717) is 21.4 Å². The van der Waals surface area contributed by atoms with Gasteiger partial charge in [-0.05, 0) is 48.9 Å². The first-order valence-corrected chi connectivity index (χ1v) is 9.90. The first kappa shape index (κ1) is 19.8. The molecule has 2 rings (SSSR count). The molecule has 0 heterocycles. The van der Waals surface area contributed by atoms with E-state index < -0.39 is 16.1 Å². The van der Waals surface area contributed by atoms with Crippen LogP contribution in [0.3, 0.4) is 0 Å². The van der Waals surface area contributed by atoms with Gasteiger partial charge in [0, 0.05) is 10.0 Å². The number of hydrogen-bond donors (Lipinski definition) is 1. The summed E-state index contributed by atoms with van der Waals surface area (Å²) in [5, 5.41) is 0.778. The summed E-state index contributed by atoms with van der Waals surface area (Å²) in [6.07, 6.45) is 0. The molecule has 0 bridgehead atoms. The van der Waals surface area contributed by atoms with Gasteiger partial charge in [-0.25, -0.2) is 13.1 Å². The Kier molecular flexibility index (Phi) is 6.95. The second-order valence-corrected chi connectivity index (χ2v) is 8.10. The Bertz CT molecular complexity index is 810. The molecule has 0 radical (unpaired) electrons. The van der Waals surface area contributed by atoms with Crippen LogP contribution in [0.25, 0.3) is 0 Å². The number of halogens is 2. The molecular formula is C17H19Cl2NO4S. The molecule has 0 spiro atoms. The molecule has 0 aromatic heterocycles. The average Bonchev–Trinajstić information content (AvgIpc) is 2.55. The minimum absolute atomic E-state index is 0.194. The average molecular weight is 404 g/mol. The van der Waals surface area contributed by atoms with Gasteiger partial charge in [0.05, 0.1) is 18.9 Å². The number of methoxy groups -OCH3 is 1. The Morgan fingerprint density at radius 3 is 2.32 bits per heavy atom. The van der Waals surface area contributed by atoms with Crippen molar-refractivity contribution in [3.8, 4) is 11.5 Å². The van der Waals surface area contributed by atoms with Crippen molar-refractivity contribution < 1.29 is 17.9 Å². The molecule has 0 fully saturated rings. The van der Waals surface area contributed by atoms with Crippen LogP contribution in [0.5, 0.6) is 11.5 Å². The van der Waals surface area contributed by atoms with E-state index in [4.69, 9.17) is 32.7 Å². The topological polar surface area (TPSA) is 64.6 Å². The molecule has 8 heteroatoms. The quantitative estimate of drug-likeness (QED) is 0.725. The van der Waals surface area contributed by atoms with Crippen molar-refractivity contribution in [2.45, 2.75) is 18.7 Å². The van der Waals surface area contributed by atoms with Gasteiger partial charge in [-0.1, -0.05) is 29.3 Å². The summed E-state index contributed by atoms with van der Waals surface area (Å²) in [6, 6.07) is 11.4. The highest BCUT2D eigenvalue weighted by molar-refractivity contribution is 7.88. The van der Waals surface area contributed by atoms with Gasteiger partial charge in [0.1, 0.15) is 18.1 Å². The van der Waals surface area contributed by atoms with Crippen LogP contribution in [0.15, 0.2) is 42.5 Å². The molecule has 1 atom stereocenters. The summed E-state index contributed by atoms with van der Waals surface area (Å²) < 4.78 is 37.8. The molecule has 0 aliphatic heterocycles. The van der Waals surface area contributed by atoms with Crippen molar-refractivity contribution in [2.24, 2.45) is 0 Å². The Morgan fingerprint density at radius 2 is 1.72 bits per heavy atom. The third kappa shape index (κ3) is 6.40. The van der Waals surface area contributed by atoms with E-state index in [9.17, 15) is 8.42 Å². The van der Waals surface area contributed by atoms with Crippen molar-refractivity contribution in [2.75, 3.05) is 13.7 Å². The highest BCUT2D eigenvalue weighted by atomic mass is 35.5. The summed E-state index contributed by atoms with van der Waals surface area (Å²) in [5.74, 6) is 1.13. The molecule has 0 saturated heterocycles. The Hall–Kier alpha value is -1.47. The molecule has 25 heavy (non-hydrogen) atoms. The molecule has 1 N–H and O–H groups in total. The number of sulfonamides is 1. The number of rotatable bonds is 8. The molecule has 5 nitrogen and oxygen atoms in total. The smallest absolute Gasteiger partial charge is 0.216 e. The highest BCUT2D eigenvalue weighted by Crippen LogP contribution is 2.22. The minimum atomic E-state index is -3.56. The van der Waals surface area contributed by atoms with Crippen molar-refractivity contribution in [3.05, 3.63) is 58.1 Å². The lowest BCUT2D eigenvalue weighted by atomic mass is 10.2. The molecule has 0 aliphatic rings. The van der Waals surface area contributed by atoms with Gasteiger partial charge in [0.15, 0.2) is 0 Å². The molecule has 0 saturated carbocycles. The van der Waals surface area contributed by atoms with Crippen LogP contribution in [0.1, 0.15) is 12.5 Å². The van der Waals surface area contributed by atoms with E-state index in [1.54, 1.807) is 50.4 Å². The van der Waals surface area contributed by atoms with Crippen LogP contribution >= 0.6 is 23.2 Å². The number of hydrogen-bond acceptors (Lipinski definition) is 4. The molecule has 0 aliphatic carbocycles. The van der Waals surface area contributed by atoms with E-state index in [1.165, 1.54) is 6.07 Å². The first-order chi connectivity index (χ1) is 11.8. The highest BCUT2D eigenvalue weighted by Gasteiger charge is 2.17. The largest absolute Gasteiger partial charge is 0.497 e.